The summed E-state index contributed by atoms with van der Waals surface area (Å²) in [5.74, 6) is -0.135. The molecule has 2 aromatic rings. The summed E-state index contributed by atoms with van der Waals surface area (Å²) in [6, 6.07) is 10.0. The molecule has 1 N–H and O–H groups in total. The third-order valence-corrected chi connectivity index (χ3v) is 3.34. The van der Waals surface area contributed by atoms with Gasteiger partial charge in [-0.1, -0.05) is 29.4 Å². The SMILES string of the molecule is CC(C)NC(=O)C1CC(c2nccc3ccccc23)=NO1. The fourth-order valence-electron chi connectivity index (χ4n) is 2.38. The maximum absolute atomic E-state index is 12.0. The zero-order chi connectivity index (χ0) is 14.8. The number of hydrogen-bond acceptors (Lipinski definition) is 4. The van der Waals surface area contributed by atoms with Crippen LogP contribution in [0.5, 0.6) is 0 Å². The Morgan fingerprint density at radius 3 is 2.95 bits per heavy atom. The second kappa shape index (κ2) is 5.52. The van der Waals surface area contributed by atoms with E-state index in [1.54, 1.807) is 6.20 Å². The summed E-state index contributed by atoms with van der Waals surface area (Å²) in [6.07, 6.45) is 1.63. The number of aromatic nitrogens is 1. The zero-order valence-electron chi connectivity index (χ0n) is 12.0. The van der Waals surface area contributed by atoms with Crippen molar-refractivity contribution in [2.24, 2.45) is 5.16 Å². The number of nitrogens with zero attached hydrogens (tertiary/aromatic N) is 2. The lowest BCUT2D eigenvalue weighted by Crippen LogP contribution is -2.38. The first-order chi connectivity index (χ1) is 10.1. The Balaban J connectivity index is 1.84. The van der Waals surface area contributed by atoms with Gasteiger partial charge in [-0.2, -0.15) is 0 Å². The highest BCUT2D eigenvalue weighted by Gasteiger charge is 2.30. The second-order valence-corrected chi connectivity index (χ2v) is 5.38. The average molecular weight is 283 g/mol. The predicted molar refractivity (Wildman–Crippen MR) is 81.0 cm³/mol. The van der Waals surface area contributed by atoms with Crippen LogP contribution in [0.2, 0.25) is 0 Å². The van der Waals surface area contributed by atoms with E-state index in [1.165, 1.54) is 0 Å². The molecule has 1 unspecified atom stereocenters. The summed E-state index contributed by atoms with van der Waals surface area (Å²) < 4.78 is 0. The highest BCUT2D eigenvalue weighted by atomic mass is 16.6. The number of pyridine rings is 1. The molecule has 1 atom stereocenters. The first-order valence-corrected chi connectivity index (χ1v) is 7.02. The summed E-state index contributed by atoms with van der Waals surface area (Å²) in [6.45, 7) is 3.84. The van der Waals surface area contributed by atoms with E-state index in [-0.39, 0.29) is 11.9 Å². The molecule has 1 amide bonds. The van der Waals surface area contributed by atoms with Crippen LogP contribution in [0.15, 0.2) is 41.7 Å². The van der Waals surface area contributed by atoms with Gasteiger partial charge in [0, 0.05) is 24.0 Å². The van der Waals surface area contributed by atoms with Crippen molar-refractivity contribution in [3.8, 4) is 0 Å². The third-order valence-electron chi connectivity index (χ3n) is 3.34. The fourth-order valence-corrected chi connectivity index (χ4v) is 2.38. The van der Waals surface area contributed by atoms with Gasteiger partial charge in [-0.15, -0.1) is 0 Å². The van der Waals surface area contributed by atoms with Crippen molar-refractivity contribution in [2.75, 3.05) is 0 Å². The molecule has 21 heavy (non-hydrogen) atoms. The number of hydrogen-bond donors (Lipinski definition) is 1. The quantitative estimate of drug-likeness (QED) is 0.939. The lowest BCUT2D eigenvalue weighted by Gasteiger charge is -2.11. The minimum absolute atomic E-state index is 0.0841. The summed E-state index contributed by atoms with van der Waals surface area (Å²) in [5.41, 5.74) is 1.50. The summed E-state index contributed by atoms with van der Waals surface area (Å²) in [4.78, 5) is 21.6. The molecule has 1 aromatic heterocycles. The highest BCUT2D eigenvalue weighted by molar-refractivity contribution is 6.11. The Hall–Kier alpha value is -2.43. The van der Waals surface area contributed by atoms with Crippen LogP contribution in [0.3, 0.4) is 0 Å². The minimum Gasteiger partial charge on any atom is -0.382 e. The zero-order valence-corrected chi connectivity index (χ0v) is 12.0. The van der Waals surface area contributed by atoms with E-state index in [0.29, 0.717) is 6.42 Å². The fraction of sp³-hybridized carbons (Fsp3) is 0.312. The molecule has 0 saturated heterocycles. The van der Waals surface area contributed by atoms with E-state index in [4.69, 9.17) is 4.84 Å². The minimum atomic E-state index is -0.567. The van der Waals surface area contributed by atoms with Gasteiger partial charge in [-0.3, -0.25) is 9.78 Å². The molecule has 0 aliphatic carbocycles. The smallest absolute Gasteiger partial charge is 0.264 e. The maximum atomic E-state index is 12.0. The van der Waals surface area contributed by atoms with Gasteiger partial charge in [-0.05, 0) is 25.3 Å². The lowest BCUT2D eigenvalue weighted by atomic mass is 10.0. The van der Waals surface area contributed by atoms with Crippen molar-refractivity contribution in [3.63, 3.8) is 0 Å². The Bertz CT molecular complexity index is 704. The van der Waals surface area contributed by atoms with Crippen LogP contribution < -0.4 is 5.32 Å². The van der Waals surface area contributed by atoms with Crippen molar-refractivity contribution in [3.05, 3.63) is 42.2 Å². The summed E-state index contributed by atoms with van der Waals surface area (Å²) >= 11 is 0. The van der Waals surface area contributed by atoms with Gasteiger partial charge in [0.1, 0.15) is 5.71 Å². The molecule has 0 spiro atoms. The number of oxime groups is 1. The van der Waals surface area contributed by atoms with E-state index in [9.17, 15) is 4.79 Å². The van der Waals surface area contributed by atoms with Gasteiger partial charge in [0.15, 0.2) is 0 Å². The monoisotopic (exact) mass is 283 g/mol. The van der Waals surface area contributed by atoms with Crippen molar-refractivity contribution in [1.29, 1.82) is 0 Å². The molecule has 0 radical (unpaired) electrons. The number of amides is 1. The second-order valence-electron chi connectivity index (χ2n) is 5.38. The first kappa shape index (κ1) is 13.5. The Kier molecular flexibility index (Phi) is 3.56. The van der Waals surface area contributed by atoms with Crippen LogP contribution in [0, 0.1) is 0 Å². The van der Waals surface area contributed by atoms with Crippen LogP contribution in [-0.2, 0) is 9.63 Å². The Labute approximate surface area is 123 Å². The van der Waals surface area contributed by atoms with Crippen molar-refractivity contribution in [2.45, 2.75) is 32.4 Å². The highest BCUT2D eigenvalue weighted by Crippen LogP contribution is 2.22. The molecule has 5 heteroatoms. The predicted octanol–water partition coefficient (Wildman–Crippen LogP) is 2.25. The number of benzene rings is 1. The normalized spacial score (nSPS) is 17.7. The van der Waals surface area contributed by atoms with Gasteiger partial charge >= 0.3 is 0 Å². The topological polar surface area (TPSA) is 63.6 Å². The van der Waals surface area contributed by atoms with Crippen molar-refractivity contribution >= 4 is 22.4 Å². The Morgan fingerprint density at radius 2 is 2.14 bits per heavy atom. The molecular weight excluding hydrogens is 266 g/mol. The average Bonchev–Trinajstić information content (AvgIpc) is 2.95. The molecular formula is C16H17N3O2. The number of carbonyl (C=O) groups excluding carboxylic acids is 1. The molecule has 3 rings (SSSR count). The van der Waals surface area contributed by atoms with Gasteiger partial charge < -0.3 is 10.2 Å². The summed E-state index contributed by atoms with van der Waals surface area (Å²) in [5, 5.41) is 9.01. The first-order valence-electron chi connectivity index (χ1n) is 7.02. The van der Waals surface area contributed by atoms with E-state index in [1.807, 2.05) is 44.2 Å². The lowest BCUT2D eigenvalue weighted by molar-refractivity contribution is -0.131. The molecule has 108 valence electrons. The van der Waals surface area contributed by atoms with Crippen molar-refractivity contribution < 1.29 is 9.63 Å². The largest absolute Gasteiger partial charge is 0.382 e. The van der Waals surface area contributed by atoms with Gasteiger partial charge in [-0.25, -0.2) is 0 Å². The molecule has 1 aliphatic rings. The third kappa shape index (κ3) is 2.72. The molecule has 1 aliphatic heterocycles. The molecule has 2 heterocycles. The van der Waals surface area contributed by atoms with Crippen LogP contribution in [0.4, 0.5) is 0 Å². The van der Waals surface area contributed by atoms with Crippen LogP contribution in [-0.4, -0.2) is 28.7 Å². The molecule has 1 aromatic carbocycles. The van der Waals surface area contributed by atoms with Gasteiger partial charge in [0.25, 0.3) is 5.91 Å². The van der Waals surface area contributed by atoms with Gasteiger partial charge in [0.2, 0.25) is 6.10 Å². The molecule has 5 nitrogen and oxygen atoms in total. The maximum Gasteiger partial charge on any atom is 0.264 e. The van der Waals surface area contributed by atoms with Gasteiger partial charge in [0.05, 0.1) is 5.69 Å². The molecule has 0 fully saturated rings. The van der Waals surface area contributed by atoms with E-state index < -0.39 is 6.10 Å². The number of nitrogens with one attached hydrogen (secondary N) is 1. The molecule has 0 saturated carbocycles. The number of fused-ring (bicyclic) bond motifs is 1. The van der Waals surface area contributed by atoms with E-state index in [0.717, 1.165) is 22.2 Å². The number of rotatable bonds is 3. The standard InChI is InChI=1S/C16H17N3O2/c1-10(2)18-16(20)14-9-13(19-21-14)15-12-6-4-3-5-11(12)7-8-17-15/h3-8,10,14H,9H2,1-2H3,(H,18,20). The van der Waals surface area contributed by atoms with Crippen molar-refractivity contribution in [1.82, 2.24) is 10.3 Å². The van der Waals surface area contributed by atoms with Crippen LogP contribution in [0.1, 0.15) is 26.0 Å². The van der Waals surface area contributed by atoms with Crippen LogP contribution >= 0.6 is 0 Å². The molecule has 0 bridgehead atoms. The van der Waals surface area contributed by atoms with E-state index >= 15 is 0 Å². The number of carbonyl (C=O) groups is 1. The van der Waals surface area contributed by atoms with Crippen LogP contribution in [0.25, 0.3) is 10.8 Å². The van der Waals surface area contributed by atoms with E-state index in [2.05, 4.69) is 15.5 Å². The Morgan fingerprint density at radius 1 is 1.33 bits per heavy atom. The summed E-state index contributed by atoms with van der Waals surface area (Å²) in [7, 11) is 0.